The molecule has 0 radical (unpaired) electrons. The van der Waals surface area contributed by atoms with Gasteiger partial charge in [0.25, 0.3) is 0 Å². The molecule has 0 spiro atoms. The maximum atomic E-state index is 12.1. The summed E-state index contributed by atoms with van der Waals surface area (Å²) in [6.07, 6.45) is 3.41. The van der Waals surface area contributed by atoms with E-state index < -0.39 is 0 Å². The van der Waals surface area contributed by atoms with Crippen molar-refractivity contribution in [2.75, 3.05) is 31.2 Å². The van der Waals surface area contributed by atoms with E-state index in [9.17, 15) is 9.59 Å². The van der Waals surface area contributed by atoms with Crippen molar-refractivity contribution in [3.05, 3.63) is 18.2 Å². The molecule has 1 aromatic rings. The first-order chi connectivity index (χ1) is 10.1. The molecule has 1 aromatic carbocycles. The number of likely N-dealkylation sites (tertiary alicyclic amines) is 1. The molecule has 0 unspecified atom stereocenters. The van der Waals surface area contributed by atoms with E-state index in [1.54, 1.807) is 23.1 Å². The number of rotatable bonds is 4. The highest BCUT2D eigenvalue weighted by Crippen LogP contribution is 2.26. The zero-order chi connectivity index (χ0) is 15.2. The lowest BCUT2D eigenvalue weighted by atomic mass is 10.2. The van der Waals surface area contributed by atoms with E-state index >= 15 is 0 Å². The normalized spacial score (nSPS) is 15.5. The van der Waals surface area contributed by atoms with E-state index in [4.69, 9.17) is 10.5 Å². The number of nitrogen functional groups attached to an aromatic ring is 1. The fourth-order valence-electron chi connectivity index (χ4n) is 2.39. The van der Waals surface area contributed by atoms with Crippen LogP contribution < -0.4 is 15.8 Å². The van der Waals surface area contributed by atoms with E-state index in [-0.39, 0.29) is 18.4 Å². The third kappa shape index (κ3) is 4.11. The van der Waals surface area contributed by atoms with Gasteiger partial charge in [0.2, 0.25) is 11.8 Å². The van der Waals surface area contributed by atoms with Gasteiger partial charge in [-0.2, -0.15) is 0 Å². The Hall–Kier alpha value is -2.24. The van der Waals surface area contributed by atoms with Crippen molar-refractivity contribution in [3.8, 4) is 5.75 Å². The molecule has 1 saturated heterocycles. The SMILES string of the molecule is COc1ccc(N)cc1NC(=O)CN1CCCCCC1=O. The minimum Gasteiger partial charge on any atom is -0.495 e. The average Bonchev–Trinajstić information content (AvgIpc) is 2.64. The predicted octanol–water partition coefficient (Wildman–Crippen LogP) is 1.62. The number of nitrogens with one attached hydrogen (secondary N) is 1. The van der Waals surface area contributed by atoms with Crippen LogP contribution in [-0.2, 0) is 9.59 Å². The zero-order valence-electron chi connectivity index (χ0n) is 12.2. The van der Waals surface area contributed by atoms with Crippen LogP contribution in [0.2, 0.25) is 0 Å². The lowest BCUT2D eigenvalue weighted by molar-refractivity contribution is -0.134. The third-order valence-corrected chi connectivity index (χ3v) is 3.50. The largest absolute Gasteiger partial charge is 0.495 e. The number of ether oxygens (including phenoxy) is 1. The molecule has 0 aliphatic carbocycles. The van der Waals surface area contributed by atoms with Gasteiger partial charge in [0.15, 0.2) is 0 Å². The van der Waals surface area contributed by atoms with Crippen molar-refractivity contribution in [2.45, 2.75) is 25.7 Å². The topological polar surface area (TPSA) is 84.7 Å². The van der Waals surface area contributed by atoms with E-state index in [1.165, 1.54) is 7.11 Å². The Kier molecular flexibility index (Phi) is 5.03. The summed E-state index contributed by atoms with van der Waals surface area (Å²) < 4.78 is 5.18. The summed E-state index contributed by atoms with van der Waals surface area (Å²) in [7, 11) is 1.53. The minimum atomic E-state index is -0.242. The molecule has 6 heteroatoms. The van der Waals surface area contributed by atoms with Gasteiger partial charge in [-0.05, 0) is 31.0 Å². The fraction of sp³-hybridized carbons (Fsp3) is 0.467. The molecular formula is C15H21N3O3. The Bertz CT molecular complexity index is 531. The van der Waals surface area contributed by atoms with Gasteiger partial charge in [0.05, 0.1) is 19.3 Å². The van der Waals surface area contributed by atoms with Gasteiger partial charge in [-0.15, -0.1) is 0 Å². The first-order valence-corrected chi connectivity index (χ1v) is 7.11. The second-order valence-electron chi connectivity index (χ2n) is 5.13. The number of carbonyl (C=O) groups excluding carboxylic acids is 2. The molecule has 2 amide bonds. The third-order valence-electron chi connectivity index (χ3n) is 3.50. The highest BCUT2D eigenvalue weighted by Gasteiger charge is 2.19. The predicted molar refractivity (Wildman–Crippen MR) is 81.1 cm³/mol. The van der Waals surface area contributed by atoms with Gasteiger partial charge in [0, 0.05) is 18.7 Å². The molecule has 1 aliphatic heterocycles. The quantitative estimate of drug-likeness (QED) is 0.826. The zero-order valence-corrected chi connectivity index (χ0v) is 12.2. The second kappa shape index (κ2) is 6.97. The van der Waals surface area contributed by atoms with Crippen LogP contribution in [-0.4, -0.2) is 36.9 Å². The summed E-state index contributed by atoms with van der Waals surface area (Å²) in [4.78, 5) is 25.6. The number of nitrogens with two attached hydrogens (primary N) is 1. The summed E-state index contributed by atoms with van der Waals surface area (Å²) in [6, 6.07) is 5.04. The van der Waals surface area contributed by atoms with E-state index in [1.807, 2.05) is 0 Å². The molecule has 0 aromatic heterocycles. The molecule has 1 fully saturated rings. The van der Waals surface area contributed by atoms with Crippen LogP contribution in [0.25, 0.3) is 0 Å². The monoisotopic (exact) mass is 291 g/mol. The Morgan fingerprint density at radius 2 is 2.19 bits per heavy atom. The van der Waals surface area contributed by atoms with Crippen LogP contribution in [0.3, 0.4) is 0 Å². The molecule has 114 valence electrons. The number of benzene rings is 1. The van der Waals surface area contributed by atoms with Gasteiger partial charge in [-0.25, -0.2) is 0 Å². The van der Waals surface area contributed by atoms with Gasteiger partial charge in [-0.3, -0.25) is 9.59 Å². The molecule has 0 bridgehead atoms. The number of nitrogens with zero attached hydrogens (tertiary/aromatic N) is 1. The second-order valence-corrected chi connectivity index (χ2v) is 5.13. The van der Waals surface area contributed by atoms with Crippen molar-refractivity contribution in [1.82, 2.24) is 4.90 Å². The van der Waals surface area contributed by atoms with Crippen LogP contribution in [0.1, 0.15) is 25.7 Å². The molecule has 1 heterocycles. The molecular weight excluding hydrogens is 270 g/mol. The number of anilines is 2. The van der Waals surface area contributed by atoms with Gasteiger partial charge in [-0.1, -0.05) is 6.42 Å². The van der Waals surface area contributed by atoms with E-state index in [2.05, 4.69) is 5.32 Å². The summed E-state index contributed by atoms with van der Waals surface area (Å²) in [5.74, 6) is 0.344. The Balaban J connectivity index is 2.01. The molecule has 0 saturated carbocycles. The Labute approximate surface area is 124 Å². The standard InChI is InChI=1S/C15H21N3O3/c1-21-13-7-6-11(16)9-12(13)17-14(19)10-18-8-4-2-3-5-15(18)20/h6-7,9H,2-5,8,10,16H2,1H3,(H,17,19). The summed E-state index contributed by atoms with van der Waals surface area (Å²) in [6.45, 7) is 0.705. The van der Waals surface area contributed by atoms with Crippen LogP contribution in [0.15, 0.2) is 18.2 Å². The maximum absolute atomic E-state index is 12.1. The molecule has 6 nitrogen and oxygen atoms in total. The van der Waals surface area contributed by atoms with Crippen LogP contribution in [0.5, 0.6) is 5.75 Å². The van der Waals surface area contributed by atoms with Crippen LogP contribution in [0, 0.1) is 0 Å². The van der Waals surface area contributed by atoms with Crippen molar-refractivity contribution >= 4 is 23.2 Å². The Morgan fingerprint density at radius 1 is 1.38 bits per heavy atom. The summed E-state index contributed by atoms with van der Waals surface area (Å²) in [5, 5.41) is 2.75. The minimum absolute atomic E-state index is 0.0437. The molecule has 3 N–H and O–H groups in total. The summed E-state index contributed by atoms with van der Waals surface area (Å²) >= 11 is 0. The maximum Gasteiger partial charge on any atom is 0.244 e. The fourth-order valence-corrected chi connectivity index (χ4v) is 2.39. The lowest BCUT2D eigenvalue weighted by Gasteiger charge is -2.20. The van der Waals surface area contributed by atoms with Crippen molar-refractivity contribution in [1.29, 1.82) is 0 Å². The smallest absolute Gasteiger partial charge is 0.244 e. The number of methoxy groups -OCH3 is 1. The summed E-state index contributed by atoms with van der Waals surface area (Å²) in [5.41, 5.74) is 6.77. The van der Waals surface area contributed by atoms with Crippen molar-refractivity contribution < 1.29 is 14.3 Å². The average molecular weight is 291 g/mol. The number of hydrogen-bond acceptors (Lipinski definition) is 4. The van der Waals surface area contributed by atoms with Crippen LogP contribution >= 0.6 is 0 Å². The highest BCUT2D eigenvalue weighted by molar-refractivity contribution is 5.96. The van der Waals surface area contributed by atoms with Crippen LogP contribution in [0.4, 0.5) is 11.4 Å². The van der Waals surface area contributed by atoms with Crippen molar-refractivity contribution in [2.24, 2.45) is 0 Å². The molecule has 1 aliphatic rings. The number of amides is 2. The Morgan fingerprint density at radius 3 is 2.95 bits per heavy atom. The van der Waals surface area contributed by atoms with E-state index in [0.29, 0.717) is 30.1 Å². The first kappa shape index (κ1) is 15.2. The highest BCUT2D eigenvalue weighted by atomic mass is 16.5. The lowest BCUT2D eigenvalue weighted by Crippen LogP contribution is -2.37. The first-order valence-electron chi connectivity index (χ1n) is 7.11. The number of carbonyl (C=O) groups is 2. The molecule has 2 rings (SSSR count). The molecule has 0 atom stereocenters. The molecule has 21 heavy (non-hydrogen) atoms. The van der Waals surface area contributed by atoms with Gasteiger partial charge < -0.3 is 20.7 Å². The number of hydrogen-bond donors (Lipinski definition) is 2. The van der Waals surface area contributed by atoms with E-state index in [0.717, 1.165) is 19.3 Å². The van der Waals surface area contributed by atoms with Crippen molar-refractivity contribution in [3.63, 3.8) is 0 Å². The van der Waals surface area contributed by atoms with Gasteiger partial charge >= 0.3 is 0 Å². The van der Waals surface area contributed by atoms with Gasteiger partial charge in [0.1, 0.15) is 5.75 Å².